The second kappa shape index (κ2) is 8.04. The smallest absolute Gasteiger partial charge is 0.165 e. The van der Waals surface area contributed by atoms with Gasteiger partial charge in [0.2, 0.25) is 0 Å². The van der Waals surface area contributed by atoms with Crippen LogP contribution >= 0.6 is 11.3 Å². The number of hydrogen-bond acceptors (Lipinski definition) is 2. The second-order valence-electron chi connectivity index (χ2n) is 7.95. The van der Waals surface area contributed by atoms with Crippen LogP contribution in [-0.4, -0.2) is 6.61 Å². The van der Waals surface area contributed by atoms with E-state index in [1.807, 2.05) is 24.3 Å². The van der Waals surface area contributed by atoms with E-state index >= 15 is 0 Å². The molecule has 31 heavy (non-hydrogen) atoms. The number of ether oxygens (including phenoxy) is 1. The maximum atomic E-state index is 14.6. The molecule has 0 unspecified atom stereocenters. The first-order valence-electron chi connectivity index (χ1n) is 10.5. The van der Waals surface area contributed by atoms with Gasteiger partial charge in [0.25, 0.3) is 0 Å². The zero-order valence-electron chi connectivity index (χ0n) is 17.1. The number of hydrogen-bond donors (Lipinski definition) is 0. The van der Waals surface area contributed by atoms with E-state index in [1.165, 1.54) is 18.2 Å². The standard InChI is InChI=1S/C26H21F3OS/c1-2-3-4-5-6-30-24-12-18-14-26-20(8-16(18)11-23(24)29)19-7-15-9-21(27)22(28)10-17(15)13-25(19)31-26/h7-14H,2-6H2,1H3. The first-order valence-corrected chi connectivity index (χ1v) is 11.4. The van der Waals surface area contributed by atoms with Crippen molar-refractivity contribution in [1.29, 1.82) is 0 Å². The van der Waals surface area contributed by atoms with E-state index in [4.69, 9.17) is 4.74 Å². The maximum Gasteiger partial charge on any atom is 0.165 e. The van der Waals surface area contributed by atoms with Crippen molar-refractivity contribution in [2.75, 3.05) is 6.61 Å². The number of rotatable bonds is 6. The zero-order chi connectivity index (χ0) is 21.5. The summed E-state index contributed by atoms with van der Waals surface area (Å²) in [5, 5.41) is 4.93. The van der Waals surface area contributed by atoms with Crippen LogP contribution in [0, 0.1) is 17.5 Å². The van der Waals surface area contributed by atoms with E-state index in [1.54, 1.807) is 17.4 Å². The van der Waals surface area contributed by atoms with Gasteiger partial charge < -0.3 is 4.74 Å². The minimum atomic E-state index is -0.860. The van der Waals surface area contributed by atoms with Gasteiger partial charge in [0.1, 0.15) is 0 Å². The highest BCUT2D eigenvalue weighted by Crippen LogP contribution is 2.39. The molecule has 0 bridgehead atoms. The molecule has 5 heteroatoms. The highest BCUT2D eigenvalue weighted by atomic mass is 32.1. The van der Waals surface area contributed by atoms with Crippen molar-refractivity contribution in [1.82, 2.24) is 0 Å². The molecule has 158 valence electrons. The summed E-state index contributed by atoms with van der Waals surface area (Å²) >= 11 is 1.59. The van der Waals surface area contributed by atoms with Gasteiger partial charge in [0, 0.05) is 20.2 Å². The van der Waals surface area contributed by atoms with E-state index in [0.29, 0.717) is 17.4 Å². The summed E-state index contributed by atoms with van der Waals surface area (Å²) in [7, 11) is 0. The molecule has 0 fully saturated rings. The Kier molecular flexibility index (Phi) is 5.22. The molecule has 1 nitrogen and oxygen atoms in total. The first kappa shape index (κ1) is 20.1. The number of thiophene rings is 1. The van der Waals surface area contributed by atoms with E-state index in [9.17, 15) is 13.2 Å². The first-order chi connectivity index (χ1) is 15.0. The lowest BCUT2D eigenvalue weighted by molar-refractivity contribution is 0.291. The maximum absolute atomic E-state index is 14.6. The van der Waals surface area contributed by atoms with Gasteiger partial charge >= 0.3 is 0 Å². The summed E-state index contributed by atoms with van der Waals surface area (Å²) < 4.78 is 49.7. The summed E-state index contributed by atoms with van der Waals surface area (Å²) in [4.78, 5) is 0. The summed E-state index contributed by atoms with van der Waals surface area (Å²) in [6, 6.07) is 13.5. The Labute approximate surface area is 182 Å². The predicted molar refractivity (Wildman–Crippen MR) is 124 cm³/mol. The highest BCUT2D eigenvalue weighted by Gasteiger charge is 2.13. The molecular weight excluding hydrogens is 417 g/mol. The average molecular weight is 439 g/mol. The van der Waals surface area contributed by atoms with Gasteiger partial charge in [-0.1, -0.05) is 26.2 Å². The Hall–Kier alpha value is -2.79. The Morgan fingerprint density at radius 3 is 1.81 bits per heavy atom. The van der Waals surface area contributed by atoms with Crippen LogP contribution in [0.4, 0.5) is 13.2 Å². The Balaban J connectivity index is 1.58. The molecule has 0 N–H and O–H groups in total. The van der Waals surface area contributed by atoms with Crippen molar-refractivity contribution in [2.24, 2.45) is 0 Å². The van der Waals surface area contributed by atoms with Gasteiger partial charge in [-0.2, -0.15) is 0 Å². The van der Waals surface area contributed by atoms with Gasteiger partial charge in [-0.05, 0) is 76.5 Å². The summed E-state index contributed by atoms with van der Waals surface area (Å²) in [6.07, 6.45) is 4.29. The SMILES string of the molecule is CCCCCCOc1cc2cc3sc4cc5cc(F)c(F)cc5cc4c3cc2cc1F. The lowest BCUT2D eigenvalue weighted by Crippen LogP contribution is -1.99. The van der Waals surface area contributed by atoms with Crippen molar-refractivity contribution in [3.63, 3.8) is 0 Å². The molecule has 0 aliphatic heterocycles. The molecular formula is C26H21F3OS. The van der Waals surface area contributed by atoms with Crippen molar-refractivity contribution in [3.05, 3.63) is 66.0 Å². The molecule has 5 aromatic rings. The number of fused-ring (bicyclic) bond motifs is 5. The fourth-order valence-electron chi connectivity index (χ4n) is 4.08. The molecule has 0 aliphatic carbocycles. The van der Waals surface area contributed by atoms with Crippen LogP contribution in [0.2, 0.25) is 0 Å². The molecule has 5 rings (SSSR count). The molecule has 0 aliphatic rings. The Morgan fingerprint density at radius 1 is 0.645 bits per heavy atom. The fourth-order valence-corrected chi connectivity index (χ4v) is 5.25. The minimum Gasteiger partial charge on any atom is -0.490 e. The third-order valence-electron chi connectivity index (χ3n) is 5.73. The van der Waals surface area contributed by atoms with Crippen LogP contribution < -0.4 is 4.74 Å². The third kappa shape index (κ3) is 3.72. The average Bonchev–Trinajstić information content (AvgIpc) is 3.08. The van der Waals surface area contributed by atoms with Crippen LogP contribution in [0.15, 0.2) is 48.5 Å². The van der Waals surface area contributed by atoms with Crippen LogP contribution in [0.1, 0.15) is 32.6 Å². The van der Waals surface area contributed by atoms with Gasteiger partial charge in [0.05, 0.1) is 6.61 Å². The molecule has 0 saturated heterocycles. The monoisotopic (exact) mass is 438 g/mol. The van der Waals surface area contributed by atoms with E-state index < -0.39 is 11.6 Å². The molecule has 0 spiro atoms. The van der Waals surface area contributed by atoms with Gasteiger partial charge in [-0.3, -0.25) is 0 Å². The molecule has 0 atom stereocenters. The van der Waals surface area contributed by atoms with Crippen LogP contribution in [0.3, 0.4) is 0 Å². The second-order valence-corrected chi connectivity index (χ2v) is 9.03. The van der Waals surface area contributed by atoms with Gasteiger partial charge in [-0.25, -0.2) is 13.2 Å². The quantitative estimate of drug-likeness (QED) is 0.241. The van der Waals surface area contributed by atoms with Gasteiger partial charge in [-0.15, -0.1) is 11.3 Å². The van der Waals surface area contributed by atoms with E-state index in [0.717, 1.165) is 56.6 Å². The van der Waals surface area contributed by atoms with E-state index in [2.05, 4.69) is 6.92 Å². The lowest BCUT2D eigenvalue weighted by Gasteiger charge is -2.09. The van der Waals surface area contributed by atoms with Crippen molar-refractivity contribution >= 4 is 53.1 Å². The summed E-state index contributed by atoms with van der Waals surface area (Å²) in [5.41, 5.74) is 0. The Morgan fingerprint density at radius 2 is 1.19 bits per heavy atom. The Bertz CT molecular complexity index is 1440. The number of benzene rings is 4. The largest absolute Gasteiger partial charge is 0.490 e. The van der Waals surface area contributed by atoms with Crippen molar-refractivity contribution in [3.8, 4) is 5.75 Å². The topological polar surface area (TPSA) is 9.23 Å². The molecule has 0 saturated carbocycles. The number of halogens is 3. The minimum absolute atomic E-state index is 0.279. The van der Waals surface area contributed by atoms with Crippen LogP contribution in [0.25, 0.3) is 41.7 Å². The number of unbranched alkanes of at least 4 members (excludes halogenated alkanes) is 3. The fraction of sp³-hybridized carbons (Fsp3) is 0.231. The van der Waals surface area contributed by atoms with Crippen molar-refractivity contribution < 1.29 is 17.9 Å². The molecule has 4 aromatic carbocycles. The molecule has 1 aromatic heterocycles. The highest BCUT2D eigenvalue weighted by molar-refractivity contribution is 7.26. The molecule has 0 radical (unpaired) electrons. The molecule has 0 amide bonds. The summed E-state index contributed by atoms with van der Waals surface area (Å²) in [6.45, 7) is 2.66. The van der Waals surface area contributed by atoms with Crippen molar-refractivity contribution in [2.45, 2.75) is 32.6 Å². The predicted octanol–water partition coefficient (Wildman–Crippen LogP) is 8.74. The van der Waals surface area contributed by atoms with Crippen LogP contribution in [-0.2, 0) is 0 Å². The van der Waals surface area contributed by atoms with E-state index in [-0.39, 0.29) is 11.6 Å². The zero-order valence-corrected chi connectivity index (χ0v) is 17.9. The molecule has 1 heterocycles. The van der Waals surface area contributed by atoms with Crippen LogP contribution in [0.5, 0.6) is 5.75 Å². The lowest BCUT2D eigenvalue weighted by atomic mass is 10.0. The normalized spacial score (nSPS) is 11.9. The van der Waals surface area contributed by atoms with Gasteiger partial charge in [0.15, 0.2) is 23.2 Å². The third-order valence-corrected chi connectivity index (χ3v) is 6.85. The summed E-state index contributed by atoms with van der Waals surface area (Å²) in [5.74, 6) is -1.80.